The van der Waals surface area contributed by atoms with Gasteiger partial charge in [-0.25, -0.2) is 0 Å². The van der Waals surface area contributed by atoms with Crippen LogP contribution in [-0.2, 0) is 9.53 Å². The van der Waals surface area contributed by atoms with Gasteiger partial charge in [0.2, 0.25) is 5.91 Å². The Bertz CT molecular complexity index is 201. The number of rotatable bonds is 0. The Hall–Kier alpha value is -0.320. The maximum absolute atomic E-state index is 11.2. The number of piperidine rings is 1. The predicted octanol–water partition coefficient (Wildman–Crippen LogP) is -0.373. The SMILES string of the molecule is CN1C(=O)CO[C@@H]2CNCCC21.Cl. The molecule has 0 radical (unpaired) electrons. The third-order valence-corrected chi connectivity index (χ3v) is 2.70. The van der Waals surface area contributed by atoms with E-state index in [1.807, 2.05) is 11.9 Å². The van der Waals surface area contributed by atoms with Gasteiger partial charge in [-0.1, -0.05) is 0 Å². The molecule has 0 saturated carbocycles. The largest absolute Gasteiger partial charge is 0.365 e. The molecule has 1 amide bonds. The Morgan fingerprint density at radius 3 is 3.15 bits per heavy atom. The van der Waals surface area contributed by atoms with E-state index in [0.29, 0.717) is 6.04 Å². The fourth-order valence-corrected chi connectivity index (χ4v) is 1.89. The molecule has 0 aromatic rings. The summed E-state index contributed by atoms with van der Waals surface area (Å²) >= 11 is 0. The van der Waals surface area contributed by atoms with Gasteiger partial charge >= 0.3 is 0 Å². The number of nitrogens with zero attached hydrogens (tertiary/aromatic N) is 1. The number of amides is 1. The van der Waals surface area contributed by atoms with Crippen LogP contribution in [0, 0.1) is 0 Å². The molecule has 2 fully saturated rings. The average molecular weight is 207 g/mol. The molecule has 0 aromatic heterocycles. The molecule has 13 heavy (non-hydrogen) atoms. The lowest BCUT2D eigenvalue weighted by Gasteiger charge is -2.41. The lowest BCUT2D eigenvalue weighted by Crippen LogP contribution is -2.59. The van der Waals surface area contributed by atoms with Crippen molar-refractivity contribution in [1.82, 2.24) is 10.2 Å². The summed E-state index contributed by atoms with van der Waals surface area (Å²) < 4.78 is 5.41. The standard InChI is InChI=1S/C8H14N2O2.ClH/c1-10-6-2-3-9-4-7(6)12-5-8(10)11;/h6-7,9H,2-5H2,1H3;1H/t6?,7-;/m1./s1. The topological polar surface area (TPSA) is 41.6 Å². The van der Waals surface area contributed by atoms with Crippen LogP contribution in [0.1, 0.15) is 6.42 Å². The highest BCUT2D eigenvalue weighted by Crippen LogP contribution is 2.18. The summed E-state index contributed by atoms with van der Waals surface area (Å²) in [5, 5.41) is 3.26. The fourth-order valence-electron chi connectivity index (χ4n) is 1.89. The highest BCUT2D eigenvalue weighted by atomic mass is 35.5. The van der Waals surface area contributed by atoms with Crippen molar-refractivity contribution in [1.29, 1.82) is 0 Å². The Labute approximate surface area is 84.0 Å². The third kappa shape index (κ3) is 1.95. The van der Waals surface area contributed by atoms with Crippen molar-refractivity contribution in [3.63, 3.8) is 0 Å². The molecular formula is C8H15ClN2O2. The van der Waals surface area contributed by atoms with E-state index in [0.717, 1.165) is 19.5 Å². The van der Waals surface area contributed by atoms with Gasteiger partial charge in [0.1, 0.15) is 6.61 Å². The van der Waals surface area contributed by atoms with Gasteiger partial charge in [-0.3, -0.25) is 4.79 Å². The number of hydrogen-bond donors (Lipinski definition) is 1. The van der Waals surface area contributed by atoms with Gasteiger partial charge in [0.05, 0.1) is 12.1 Å². The summed E-state index contributed by atoms with van der Waals surface area (Å²) in [7, 11) is 1.87. The number of nitrogens with one attached hydrogen (secondary N) is 1. The first-order chi connectivity index (χ1) is 5.79. The van der Waals surface area contributed by atoms with Crippen molar-refractivity contribution >= 4 is 18.3 Å². The second kappa shape index (κ2) is 4.26. The van der Waals surface area contributed by atoms with Gasteiger partial charge in [0.25, 0.3) is 0 Å². The van der Waals surface area contributed by atoms with Crippen molar-refractivity contribution in [2.24, 2.45) is 0 Å². The van der Waals surface area contributed by atoms with Crippen LogP contribution in [0.5, 0.6) is 0 Å². The molecule has 2 heterocycles. The monoisotopic (exact) mass is 206 g/mol. The molecule has 5 heteroatoms. The maximum Gasteiger partial charge on any atom is 0.248 e. The van der Waals surface area contributed by atoms with Crippen LogP contribution in [-0.4, -0.2) is 49.7 Å². The van der Waals surface area contributed by atoms with Crippen LogP contribution in [0.3, 0.4) is 0 Å². The second-order valence-corrected chi connectivity index (χ2v) is 3.41. The molecule has 2 atom stereocenters. The summed E-state index contributed by atoms with van der Waals surface area (Å²) in [4.78, 5) is 13.1. The highest BCUT2D eigenvalue weighted by molar-refractivity contribution is 5.85. The van der Waals surface area contributed by atoms with Gasteiger partial charge in [0, 0.05) is 13.6 Å². The van der Waals surface area contributed by atoms with E-state index in [2.05, 4.69) is 5.32 Å². The van der Waals surface area contributed by atoms with Crippen molar-refractivity contribution in [3.05, 3.63) is 0 Å². The molecule has 2 rings (SSSR count). The minimum Gasteiger partial charge on any atom is -0.365 e. The molecule has 76 valence electrons. The van der Waals surface area contributed by atoms with Crippen LogP contribution in [0.4, 0.5) is 0 Å². The van der Waals surface area contributed by atoms with Gasteiger partial charge in [-0.2, -0.15) is 0 Å². The first-order valence-corrected chi connectivity index (χ1v) is 4.37. The number of carbonyl (C=O) groups excluding carboxylic acids is 1. The van der Waals surface area contributed by atoms with Crippen molar-refractivity contribution in [3.8, 4) is 0 Å². The van der Waals surface area contributed by atoms with Crippen molar-refractivity contribution in [2.75, 3.05) is 26.7 Å². The number of fused-ring (bicyclic) bond motifs is 1. The van der Waals surface area contributed by atoms with Gasteiger partial charge < -0.3 is 15.0 Å². The molecule has 1 unspecified atom stereocenters. The number of halogens is 1. The zero-order valence-corrected chi connectivity index (χ0v) is 8.47. The lowest BCUT2D eigenvalue weighted by atomic mass is 10.0. The van der Waals surface area contributed by atoms with Crippen LogP contribution in [0.25, 0.3) is 0 Å². The summed E-state index contributed by atoms with van der Waals surface area (Å²) in [6.45, 7) is 2.11. The zero-order chi connectivity index (χ0) is 8.55. The Balaban J connectivity index is 0.000000845. The molecule has 0 aliphatic carbocycles. The Kier molecular flexibility index (Phi) is 3.53. The van der Waals surface area contributed by atoms with E-state index in [9.17, 15) is 4.79 Å². The molecule has 0 spiro atoms. The predicted molar refractivity (Wildman–Crippen MR) is 51.0 cm³/mol. The maximum atomic E-state index is 11.2. The molecule has 0 bridgehead atoms. The molecule has 2 aliphatic rings. The normalized spacial score (nSPS) is 33.6. The number of carbonyl (C=O) groups is 1. The first-order valence-electron chi connectivity index (χ1n) is 4.37. The van der Waals surface area contributed by atoms with Gasteiger partial charge in [-0.15, -0.1) is 12.4 Å². The van der Waals surface area contributed by atoms with Crippen molar-refractivity contribution in [2.45, 2.75) is 18.6 Å². The number of hydrogen-bond acceptors (Lipinski definition) is 3. The second-order valence-electron chi connectivity index (χ2n) is 3.41. The summed E-state index contributed by atoms with van der Waals surface area (Å²) in [5.41, 5.74) is 0. The van der Waals surface area contributed by atoms with Gasteiger partial charge in [0.15, 0.2) is 0 Å². The first kappa shape index (κ1) is 10.8. The molecule has 2 aliphatic heterocycles. The van der Waals surface area contributed by atoms with E-state index in [1.54, 1.807) is 0 Å². The van der Waals surface area contributed by atoms with E-state index in [1.165, 1.54) is 0 Å². The average Bonchev–Trinajstić information content (AvgIpc) is 2.12. The summed E-state index contributed by atoms with van der Waals surface area (Å²) in [6.07, 6.45) is 1.22. The quantitative estimate of drug-likeness (QED) is 0.588. The van der Waals surface area contributed by atoms with E-state index in [-0.39, 0.29) is 31.0 Å². The van der Waals surface area contributed by atoms with Crippen LogP contribution >= 0.6 is 12.4 Å². The summed E-state index contributed by atoms with van der Waals surface area (Å²) in [5.74, 6) is 0.109. The minimum atomic E-state index is 0. The van der Waals surface area contributed by atoms with E-state index < -0.39 is 0 Å². The van der Waals surface area contributed by atoms with E-state index >= 15 is 0 Å². The number of ether oxygens (including phenoxy) is 1. The molecule has 1 N–H and O–H groups in total. The van der Waals surface area contributed by atoms with Crippen LogP contribution in [0.15, 0.2) is 0 Å². The Morgan fingerprint density at radius 1 is 1.62 bits per heavy atom. The smallest absolute Gasteiger partial charge is 0.248 e. The third-order valence-electron chi connectivity index (χ3n) is 2.70. The fraction of sp³-hybridized carbons (Fsp3) is 0.875. The van der Waals surface area contributed by atoms with Crippen LogP contribution < -0.4 is 5.32 Å². The zero-order valence-electron chi connectivity index (χ0n) is 7.66. The van der Waals surface area contributed by atoms with Gasteiger partial charge in [-0.05, 0) is 13.0 Å². The van der Waals surface area contributed by atoms with E-state index in [4.69, 9.17) is 4.74 Å². The van der Waals surface area contributed by atoms with Crippen molar-refractivity contribution < 1.29 is 9.53 Å². The summed E-state index contributed by atoms with van der Waals surface area (Å²) in [6, 6.07) is 0.299. The lowest BCUT2D eigenvalue weighted by molar-refractivity contribution is -0.156. The van der Waals surface area contributed by atoms with Crippen LogP contribution in [0.2, 0.25) is 0 Å². The highest BCUT2D eigenvalue weighted by Gasteiger charge is 2.35. The number of morpholine rings is 1. The molecule has 0 aromatic carbocycles. The Morgan fingerprint density at radius 2 is 2.38 bits per heavy atom. The molecule has 4 nitrogen and oxygen atoms in total. The molecule has 2 saturated heterocycles. The molecular weight excluding hydrogens is 192 g/mol. The minimum absolute atomic E-state index is 0. The number of likely N-dealkylation sites (N-methyl/N-ethyl adjacent to an activating group) is 1.